The molecule has 0 aliphatic heterocycles. The van der Waals surface area contributed by atoms with Crippen LogP contribution in [0.2, 0.25) is 5.02 Å². The van der Waals surface area contributed by atoms with E-state index in [-0.39, 0.29) is 5.78 Å². The molecule has 0 spiro atoms. The van der Waals surface area contributed by atoms with Crippen LogP contribution in [0.3, 0.4) is 0 Å². The van der Waals surface area contributed by atoms with E-state index in [0.717, 1.165) is 16.6 Å². The number of rotatable bonds is 6. The second kappa shape index (κ2) is 5.98. The number of ketones is 1. The molecule has 0 aromatic heterocycles. The molecule has 1 saturated carbocycles. The average molecular weight is 317 g/mol. The van der Waals surface area contributed by atoms with Crippen LogP contribution in [0.4, 0.5) is 0 Å². The van der Waals surface area contributed by atoms with Crippen molar-refractivity contribution in [3.05, 3.63) is 33.3 Å². The van der Waals surface area contributed by atoms with Crippen molar-refractivity contribution in [1.29, 1.82) is 0 Å². The van der Waals surface area contributed by atoms with Gasteiger partial charge in [-0.25, -0.2) is 0 Å². The molecular formula is C13H15BrClNO. The Bertz CT molecular complexity index is 418. The predicted octanol–water partition coefficient (Wildman–Crippen LogP) is 3.36. The van der Waals surface area contributed by atoms with Crippen molar-refractivity contribution in [3.63, 3.8) is 0 Å². The van der Waals surface area contributed by atoms with Crippen molar-refractivity contribution in [2.24, 2.45) is 0 Å². The first-order valence-electron chi connectivity index (χ1n) is 5.84. The molecule has 1 fully saturated rings. The highest BCUT2D eigenvalue weighted by Crippen LogP contribution is 2.22. The second-order valence-corrected chi connectivity index (χ2v) is 5.75. The Balaban J connectivity index is 1.79. The predicted molar refractivity (Wildman–Crippen MR) is 73.5 cm³/mol. The van der Waals surface area contributed by atoms with Crippen LogP contribution in [0.25, 0.3) is 0 Å². The van der Waals surface area contributed by atoms with E-state index in [1.807, 2.05) is 18.2 Å². The van der Waals surface area contributed by atoms with Crippen LogP contribution in [0.15, 0.2) is 22.7 Å². The van der Waals surface area contributed by atoms with Crippen LogP contribution >= 0.6 is 27.5 Å². The van der Waals surface area contributed by atoms with E-state index in [1.54, 1.807) is 0 Å². The van der Waals surface area contributed by atoms with Gasteiger partial charge in [-0.05, 0) is 30.5 Å². The maximum absolute atomic E-state index is 11.7. The quantitative estimate of drug-likeness (QED) is 0.872. The largest absolute Gasteiger partial charge is 0.314 e. The number of hydrogen-bond acceptors (Lipinski definition) is 2. The lowest BCUT2D eigenvalue weighted by Crippen LogP contribution is -2.20. The third-order valence-corrected chi connectivity index (χ3v) is 3.66. The van der Waals surface area contributed by atoms with Crippen molar-refractivity contribution < 1.29 is 4.79 Å². The summed E-state index contributed by atoms with van der Waals surface area (Å²) in [4.78, 5) is 11.7. The minimum Gasteiger partial charge on any atom is -0.314 e. The molecule has 2 rings (SSSR count). The van der Waals surface area contributed by atoms with E-state index < -0.39 is 0 Å². The molecule has 0 saturated heterocycles. The molecule has 1 aromatic carbocycles. The van der Waals surface area contributed by atoms with Crippen LogP contribution in [0, 0.1) is 0 Å². The SMILES string of the molecule is O=C(CCNC1CC1)Cc1ccc(Br)cc1Cl. The maximum atomic E-state index is 11.7. The fourth-order valence-corrected chi connectivity index (χ4v) is 2.41. The molecule has 0 radical (unpaired) electrons. The maximum Gasteiger partial charge on any atom is 0.138 e. The Morgan fingerprint density at radius 2 is 2.24 bits per heavy atom. The van der Waals surface area contributed by atoms with Gasteiger partial charge in [-0.2, -0.15) is 0 Å². The molecular weight excluding hydrogens is 302 g/mol. The van der Waals surface area contributed by atoms with Crippen molar-refractivity contribution in [2.75, 3.05) is 6.54 Å². The summed E-state index contributed by atoms with van der Waals surface area (Å²) >= 11 is 9.42. The zero-order chi connectivity index (χ0) is 12.3. The van der Waals surface area contributed by atoms with E-state index >= 15 is 0 Å². The third kappa shape index (κ3) is 4.41. The Hall–Kier alpha value is -0.380. The van der Waals surface area contributed by atoms with E-state index in [4.69, 9.17) is 11.6 Å². The van der Waals surface area contributed by atoms with Crippen LogP contribution in [0.1, 0.15) is 24.8 Å². The molecule has 1 aliphatic rings. The number of halogens is 2. The topological polar surface area (TPSA) is 29.1 Å². The molecule has 92 valence electrons. The average Bonchev–Trinajstić information content (AvgIpc) is 3.06. The van der Waals surface area contributed by atoms with Gasteiger partial charge >= 0.3 is 0 Å². The van der Waals surface area contributed by atoms with Crippen LogP contribution in [0.5, 0.6) is 0 Å². The third-order valence-electron chi connectivity index (χ3n) is 2.82. The van der Waals surface area contributed by atoms with Crippen LogP contribution in [-0.2, 0) is 11.2 Å². The minimum atomic E-state index is 0.238. The van der Waals surface area contributed by atoms with Gasteiger partial charge in [0.05, 0.1) is 0 Å². The fourth-order valence-electron chi connectivity index (χ4n) is 1.67. The number of hydrogen-bond donors (Lipinski definition) is 1. The molecule has 1 aromatic rings. The molecule has 1 aliphatic carbocycles. The summed E-state index contributed by atoms with van der Waals surface area (Å²) in [5.74, 6) is 0.238. The first-order valence-corrected chi connectivity index (χ1v) is 7.01. The Morgan fingerprint density at radius 1 is 1.47 bits per heavy atom. The summed E-state index contributed by atoms with van der Waals surface area (Å²) in [7, 11) is 0. The van der Waals surface area contributed by atoms with Crippen molar-refractivity contribution in [3.8, 4) is 0 Å². The highest BCUT2D eigenvalue weighted by molar-refractivity contribution is 9.10. The smallest absolute Gasteiger partial charge is 0.138 e. The molecule has 17 heavy (non-hydrogen) atoms. The molecule has 2 nitrogen and oxygen atoms in total. The second-order valence-electron chi connectivity index (χ2n) is 4.43. The summed E-state index contributed by atoms with van der Waals surface area (Å²) in [5, 5.41) is 3.99. The minimum absolute atomic E-state index is 0.238. The van der Waals surface area contributed by atoms with Gasteiger partial charge in [0.15, 0.2) is 0 Å². The van der Waals surface area contributed by atoms with E-state index in [1.165, 1.54) is 12.8 Å². The van der Waals surface area contributed by atoms with Crippen molar-refractivity contribution in [1.82, 2.24) is 5.32 Å². The Kier molecular flexibility index (Phi) is 4.60. The first-order chi connectivity index (χ1) is 8.15. The van der Waals surface area contributed by atoms with Crippen molar-refractivity contribution in [2.45, 2.75) is 31.7 Å². The van der Waals surface area contributed by atoms with Crippen molar-refractivity contribution >= 4 is 33.3 Å². The molecule has 0 heterocycles. The van der Waals surface area contributed by atoms with Gasteiger partial charge in [-0.3, -0.25) is 4.79 Å². The number of Topliss-reactive ketones (excluding diaryl/α,β-unsaturated/α-hetero) is 1. The lowest BCUT2D eigenvalue weighted by Gasteiger charge is -2.05. The van der Waals surface area contributed by atoms with Gasteiger partial charge in [-0.1, -0.05) is 33.6 Å². The van der Waals surface area contributed by atoms with Gasteiger partial charge in [0.2, 0.25) is 0 Å². The summed E-state index contributed by atoms with van der Waals surface area (Å²) in [6, 6.07) is 6.31. The molecule has 0 unspecified atom stereocenters. The van der Waals surface area contributed by atoms with E-state index in [0.29, 0.717) is 23.9 Å². The summed E-state index contributed by atoms with van der Waals surface area (Å²) in [6.07, 6.45) is 3.53. The lowest BCUT2D eigenvalue weighted by molar-refractivity contribution is -0.118. The summed E-state index contributed by atoms with van der Waals surface area (Å²) in [5.41, 5.74) is 0.909. The zero-order valence-electron chi connectivity index (χ0n) is 9.51. The highest BCUT2D eigenvalue weighted by atomic mass is 79.9. The molecule has 4 heteroatoms. The number of nitrogens with one attached hydrogen (secondary N) is 1. The molecule has 1 N–H and O–H groups in total. The summed E-state index contributed by atoms with van der Waals surface area (Å²) in [6.45, 7) is 0.789. The Morgan fingerprint density at radius 3 is 2.88 bits per heavy atom. The molecule has 0 atom stereocenters. The normalized spacial score (nSPS) is 14.9. The van der Waals surface area contributed by atoms with E-state index in [2.05, 4.69) is 21.2 Å². The van der Waals surface area contributed by atoms with Crippen LogP contribution in [-0.4, -0.2) is 18.4 Å². The number of benzene rings is 1. The zero-order valence-corrected chi connectivity index (χ0v) is 11.9. The standard InChI is InChI=1S/C13H15BrClNO/c14-10-2-1-9(13(15)8-10)7-12(17)5-6-16-11-3-4-11/h1-2,8,11,16H,3-7H2. The highest BCUT2D eigenvalue weighted by Gasteiger charge is 2.20. The monoisotopic (exact) mass is 315 g/mol. The van der Waals surface area contributed by atoms with Gasteiger partial charge in [0, 0.05) is 34.9 Å². The summed E-state index contributed by atoms with van der Waals surface area (Å²) < 4.78 is 0.939. The molecule has 0 bridgehead atoms. The van der Waals surface area contributed by atoms with Gasteiger partial charge in [0.1, 0.15) is 5.78 Å². The lowest BCUT2D eigenvalue weighted by atomic mass is 10.1. The van der Waals surface area contributed by atoms with Gasteiger partial charge < -0.3 is 5.32 Å². The Labute approximate surface area is 115 Å². The fraction of sp³-hybridized carbons (Fsp3) is 0.462. The first kappa shape index (κ1) is 13.1. The van der Waals surface area contributed by atoms with Gasteiger partial charge in [0.25, 0.3) is 0 Å². The number of carbonyl (C=O) groups is 1. The van der Waals surface area contributed by atoms with Crippen LogP contribution < -0.4 is 5.32 Å². The number of carbonyl (C=O) groups excluding carboxylic acids is 1. The van der Waals surface area contributed by atoms with Gasteiger partial charge in [-0.15, -0.1) is 0 Å². The molecule has 0 amide bonds. The van der Waals surface area contributed by atoms with E-state index in [9.17, 15) is 4.79 Å².